The fourth-order valence-electron chi connectivity index (χ4n) is 2.56. The maximum absolute atomic E-state index is 9.53. The largest absolute Gasteiger partial charge is 0.493 e. The van der Waals surface area contributed by atoms with E-state index in [2.05, 4.69) is 15.5 Å². The van der Waals surface area contributed by atoms with Crippen LogP contribution in [0.15, 0.2) is 22.7 Å². The van der Waals surface area contributed by atoms with Gasteiger partial charge in [0.25, 0.3) is 0 Å². The number of hydrogen-bond acceptors (Lipinski definition) is 7. The van der Waals surface area contributed by atoms with E-state index < -0.39 is 0 Å². The Bertz CT molecular complexity index is 643. The highest BCUT2D eigenvalue weighted by Gasteiger charge is 2.28. The van der Waals surface area contributed by atoms with Crippen molar-refractivity contribution in [2.75, 3.05) is 20.8 Å². The van der Waals surface area contributed by atoms with Crippen LogP contribution in [0.5, 0.6) is 11.5 Å². The number of ether oxygens (including phenoxy) is 2. The fraction of sp³-hybridized carbons (Fsp3) is 0.467. The molecule has 22 heavy (non-hydrogen) atoms. The van der Waals surface area contributed by atoms with Crippen molar-refractivity contribution in [2.24, 2.45) is 0 Å². The van der Waals surface area contributed by atoms with Crippen molar-refractivity contribution in [1.82, 2.24) is 15.5 Å². The Hall–Kier alpha value is -2.12. The van der Waals surface area contributed by atoms with E-state index in [0.29, 0.717) is 42.6 Å². The van der Waals surface area contributed by atoms with Gasteiger partial charge < -0.3 is 24.4 Å². The maximum Gasteiger partial charge on any atom is 0.243 e. The molecule has 0 spiro atoms. The van der Waals surface area contributed by atoms with Crippen LogP contribution in [0, 0.1) is 0 Å². The molecule has 2 aromatic rings. The predicted octanol–water partition coefficient (Wildman–Crippen LogP) is 1.07. The third-order valence-corrected chi connectivity index (χ3v) is 3.70. The SMILES string of the molecule is COc1ccc(Cc2noc([C@H]3C[C@H](O)CN3)n2)cc1OC. The third-order valence-electron chi connectivity index (χ3n) is 3.70. The summed E-state index contributed by atoms with van der Waals surface area (Å²) in [6.07, 6.45) is 0.781. The molecule has 2 heterocycles. The van der Waals surface area contributed by atoms with Gasteiger partial charge in [-0.15, -0.1) is 0 Å². The average Bonchev–Trinajstić information content (AvgIpc) is 3.16. The Balaban J connectivity index is 1.72. The van der Waals surface area contributed by atoms with Crippen LogP contribution < -0.4 is 14.8 Å². The Morgan fingerprint density at radius 3 is 2.82 bits per heavy atom. The molecule has 1 fully saturated rings. The number of hydrogen-bond donors (Lipinski definition) is 2. The summed E-state index contributed by atoms with van der Waals surface area (Å²) >= 11 is 0. The number of β-amino-alcohol motifs (C(OH)–C–C–N with tert-alkyl or cyclic N) is 1. The third kappa shape index (κ3) is 3.05. The molecule has 0 radical (unpaired) electrons. The molecule has 0 saturated carbocycles. The van der Waals surface area contributed by atoms with E-state index in [4.69, 9.17) is 14.0 Å². The number of methoxy groups -OCH3 is 2. The first-order chi connectivity index (χ1) is 10.7. The van der Waals surface area contributed by atoms with Gasteiger partial charge in [0.15, 0.2) is 17.3 Å². The van der Waals surface area contributed by atoms with Crippen LogP contribution in [0.2, 0.25) is 0 Å². The average molecular weight is 305 g/mol. The number of aromatic nitrogens is 2. The second kappa shape index (κ2) is 6.33. The Morgan fingerprint density at radius 2 is 2.14 bits per heavy atom. The summed E-state index contributed by atoms with van der Waals surface area (Å²) in [5, 5.41) is 16.7. The van der Waals surface area contributed by atoms with Crippen molar-refractivity contribution in [2.45, 2.75) is 25.0 Å². The molecule has 0 aliphatic carbocycles. The minimum absolute atomic E-state index is 0.0679. The van der Waals surface area contributed by atoms with E-state index >= 15 is 0 Å². The molecule has 2 atom stereocenters. The summed E-state index contributed by atoms with van der Waals surface area (Å²) in [4.78, 5) is 4.40. The van der Waals surface area contributed by atoms with Crippen LogP contribution in [-0.4, -0.2) is 42.1 Å². The molecule has 7 heteroatoms. The molecule has 0 amide bonds. The highest BCUT2D eigenvalue weighted by atomic mass is 16.5. The summed E-state index contributed by atoms with van der Waals surface area (Å²) in [6, 6.07) is 5.62. The minimum atomic E-state index is -0.355. The lowest BCUT2D eigenvalue weighted by molar-refractivity contribution is 0.191. The lowest BCUT2D eigenvalue weighted by Gasteiger charge is -2.08. The molecule has 1 saturated heterocycles. The van der Waals surface area contributed by atoms with Gasteiger partial charge in [0.1, 0.15) is 0 Å². The van der Waals surface area contributed by atoms with Crippen LogP contribution in [0.1, 0.15) is 29.7 Å². The van der Waals surface area contributed by atoms with Crippen molar-refractivity contribution >= 4 is 0 Å². The van der Waals surface area contributed by atoms with E-state index in [9.17, 15) is 5.11 Å². The van der Waals surface area contributed by atoms with Crippen molar-refractivity contribution < 1.29 is 19.1 Å². The van der Waals surface area contributed by atoms with Gasteiger partial charge in [-0.2, -0.15) is 4.98 Å². The Morgan fingerprint density at radius 1 is 1.32 bits per heavy atom. The normalized spacial score (nSPS) is 21.0. The zero-order valence-corrected chi connectivity index (χ0v) is 12.6. The Labute approximate surface area is 128 Å². The summed E-state index contributed by atoms with van der Waals surface area (Å²) in [5.41, 5.74) is 1.00. The number of benzene rings is 1. The lowest BCUT2D eigenvalue weighted by atomic mass is 10.1. The first-order valence-corrected chi connectivity index (χ1v) is 7.14. The van der Waals surface area contributed by atoms with Crippen molar-refractivity contribution in [1.29, 1.82) is 0 Å². The van der Waals surface area contributed by atoms with E-state index in [-0.39, 0.29) is 12.1 Å². The smallest absolute Gasteiger partial charge is 0.243 e. The molecular weight excluding hydrogens is 286 g/mol. The number of aliphatic hydroxyl groups excluding tert-OH is 1. The number of aliphatic hydroxyl groups is 1. The van der Waals surface area contributed by atoms with Gasteiger partial charge in [0.2, 0.25) is 5.89 Å². The highest BCUT2D eigenvalue weighted by Crippen LogP contribution is 2.28. The molecule has 1 aromatic heterocycles. The predicted molar refractivity (Wildman–Crippen MR) is 78.0 cm³/mol. The second-order valence-corrected chi connectivity index (χ2v) is 5.27. The second-order valence-electron chi connectivity index (χ2n) is 5.27. The number of nitrogens with one attached hydrogen (secondary N) is 1. The van der Waals surface area contributed by atoms with Crippen LogP contribution >= 0.6 is 0 Å². The van der Waals surface area contributed by atoms with Gasteiger partial charge in [0.05, 0.1) is 26.4 Å². The molecule has 7 nitrogen and oxygen atoms in total. The monoisotopic (exact) mass is 305 g/mol. The van der Waals surface area contributed by atoms with Crippen molar-refractivity contribution in [3.05, 3.63) is 35.5 Å². The van der Waals surface area contributed by atoms with Gasteiger partial charge in [-0.25, -0.2) is 0 Å². The molecule has 1 aliphatic rings. The van der Waals surface area contributed by atoms with Gasteiger partial charge in [-0.05, 0) is 24.1 Å². The van der Waals surface area contributed by atoms with E-state index in [1.807, 2.05) is 18.2 Å². The maximum atomic E-state index is 9.53. The molecule has 118 valence electrons. The quantitative estimate of drug-likeness (QED) is 0.854. The molecule has 0 unspecified atom stereocenters. The number of rotatable bonds is 5. The van der Waals surface area contributed by atoms with Crippen LogP contribution in [0.25, 0.3) is 0 Å². The molecule has 2 N–H and O–H groups in total. The summed E-state index contributed by atoms with van der Waals surface area (Å²) in [5.74, 6) is 2.48. The minimum Gasteiger partial charge on any atom is -0.493 e. The Kier molecular flexibility index (Phi) is 4.26. The van der Waals surface area contributed by atoms with E-state index in [1.54, 1.807) is 14.2 Å². The summed E-state index contributed by atoms with van der Waals surface area (Å²) in [7, 11) is 3.21. The summed E-state index contributed by atoms with van der Waals surface area (Å²) < 4.78 is 15.8. The first kappa shape index (κ1) is 14.8. The molecular formula is C15H19N3O4. The molecule has 0 bridgehead atoms. The molecule has 1 aliphatic heterocycles. The van der Waals surface area contributed by atoms with Gasteiger partial charge in [0, 0.05) is 13.0 Å². The summed E-state index contributed by atoms with van der Waals surface area (Å²) in [6.45, 7) is 0.554. The van der Waals surface area contributed by atoms with Crippen LogP contribution in [0.3, 0.4) is 0 Å². The first-order valence-electron chi connectivity index (χ1n) is 7.14. The zero-order chi connectivity index (χ0) is 15.5. The van der Waals surface area contributed by atoms with Crippen LogP contribution in [0.4, 0.5) is 0 Å². The highest BCUT2D eigenvalue weighted by molar-refractivity contribution is 5.43. The fourth-order valence-corrected chi connectivity index (χ4v) is 2.56. The van der Waals surface area contributed by atoms with Gasteiger partial charge in [-0.1, -0.05) is 11.2 Å². The van der Waals surface area contributed by atoms with Crippen molar-refractivity contribution in [3.63, 3.8) is 0 Å². The van der Waals surface area contributed by atoms with Gasteiger partial charge >= 0.3 is 0 Å². The van der Waals surface area contributed by atoms with Crippen LogP contribution in [-0.2, 0) is 6.42 Å². The van der Waals surface area contributed by atoms with E-state index in [0.717, 1.165) is 5.56 Å². The standard InChI is InChI=1S/C15H19N3O4/c1-20-12-4-3-9(5-13(12)21-2)6-14-17-15(22-18-14)11-7-10(19)8-16-11/h3-5,10-11,16,19H,6-8H2,1-2H3/t10-,11+/m0/s1. The lowest BCUT2D eigenvalue weighted by Crippen LogP contribution is -2.15. The van der Waals surface area contributed by atoms with Gasteiger partial charge in [-0.3, -0.25) is 0 Å². The number of nitrogens with zero attached hydrogens (tertiary/aromatic N) is 2. The topological polar surface area (TPSA) is 89.6 Å². The van der Waals surface area contributed by atoms with Crippen molar-refractivity contribution in [3.8, 4) is 11.5 Å². The van der Waals surface area contributed by atoms with E-state index in [1.165, 1.54) is 0 Å². The molecule has 3 rings (SSSR count). The molecule has 1 aromatic carbocycles. The zero-order valence-electron chi connectivity index (χ0n) is 12.6.